The third-order valence-corrected chi connectivity index (χ3v) is 2.63. The first-order valence-corrected chi connectivity index (χ1v) is 4.99. The highest BCUT2D eigenvalue weighted by atomic mass is 16.4. The summed E-state index contributed by atoms with van der Waals surface area (Å²) in [6.07, 6.45) is 1.27. The molecular weight excluding hydrogens is 196 g/mol. The smallest absolute Gasteiger partial charge is 0.326 e. The molecule has 1 aliphatic rings. The van der Waals surface area contributed by atoms with Crippen LogP contribution in [0.2, 0.25) is 0 Å². The van der Waals surface area contributed by atoms with E-state index in [-0.39, 0.29) is 5.91 Å². The van der Waals surface area contributed by atoms with E-state index in [0.717, 1.165) is 0 Å². The van der Waals surface area contributed by atoms with Gasteiger partial charge in [-0.05, 0) is 18.3 Å². The quantitative estimate of drug-likeness (QED) is 0.621. The van der Waals surface area contributed by atoms with Crippen LogP contribution in [0.1, 0.15) is 33.6 Å². The standard InChI is InChI=1S/C10H18N2O3/c1-9(2,3)6(7(13)14)12-8(15)10(11)4-5-10/h6H,4-5,11H2,1-3H3,(H,12,15)(H,13,14)/t6-/m1/s1. The van der Waals surface area contributed by atoms with Crippen LogP contribution in [0.15, 0.2) is 0 Å². The van der Waals surface area contributed by atoms with Gasteiger partial charge in [0.25, 0.3) is 0 Å². The van der Waals surface area contributed by atoms with Crippen molar-refractivity contribution in [3.8, 4) is 0 Å². The Morgan fingerprint density at radius 3 is 2.13 bits per heavy atom. The van der Waals surface area contributed by atoms with Crippen molar-refractivity contribution in [2.75, 3.05) is 0 Å². The number of nitrogens with two attached hydrogens (primary N) is 1. The molecule has 0 unspecified atom stereocenters. The number of amides is 1. The monoisotopic (exact) mass is 214 g/mol. The van der Waals surface area contributed by atoms with E-state index < -0.39 is 23.0 Å². The molecular formula is C10H18N2O3. The number of carbonyl (C=O) groups excluding carboxylic acids is 1. The summed E-state index contributed by atoms with van der Waals surface area (Å²) in [5.74, 6) is -1.38. The summed E-state index contributed by atoms with van der Waals surface area (Å²) >= 11 is 0. The molecule has 4 N–H and O–H groups in total. The van der Waals surface area contributed by atoms with Crippen molar-refractivity contribution in [2.45, 2.75) is 45.2 Å². The van der Waals surface area contributed by atoms with E-state index in [0.29, 0.717) is 12.8 Å². The molecule has 1 rings (SSSR count). The lowest BCUT2D eigenvalue weighted by Crippen LogP contribution is -2.54. The molecule has 0 aromatic carbocycles. The van der Waals surface area contributed by atoms with E-state index in [1.165, 1.54) is 0 Å². The van der Waals surface area contributed by atoms with E-state index in [9.17, 15) is 9.59 Å². The first-order valence-electron chi connectivity index (χ1n) is 4.99. The summed E-state index contributed by atoms with van der Waals surface area (Å²) in [6.45, 7) is 5.30. The van der Waals surface area contributed by atoms with Crippen LogP contribution in [-0.4, -0.2) is 28.6 Å². The molecule has 1 atom stereocenters. The first-order chi connectivity index (χ1) is 6.67. The van der Waals surface area contributed by atoms with Crippen LogP contribution in [0.25, 0.3) is 0 Å². The van der Waals surface area contributed by atoms with Gasteiger partial charge in [-0.2, -0.15) is 0 Å². The minimum atomic E-state index is -1.03. The first kappa shape index (κ1) is 12.0. The number of hydrogen-bond acceptors (Lipinski definition) is 3. The molecule has 5 heteroatoms. The zero-order valence-corrected chi connectivity index (χ0v) is 9.33. The van der Waals surface area contributed by atoms with E-state index in [1.54, 1.807) is 20.8 Å². The number of hydrogen-bond donors (Lipinski definition) is 3. The van der Waals surface area contributed by atoms with Gasteiger partial charge in [-0.25, -0.2) is 4.79 Å². The van der Waals surface area contributed by atoms with Gasteiger partial charge in [0, 0.05) is 0 Å². The van der Waals surface area contributed by atoms with Crippen LogP contribution in [-0.2, 0) is 9.59 Å². The molecule has 5 nitrogen and oxygen atoms in total. The Balaban J connectivity index is 2.68. The van der Waals surface area contributed by atoms with Crippen molar-refractivity contribution in [3.63, 3.8) is 0 Å². The van der Waals surface area contributed by atoms with Crippen molar-refractivity contribution >= 4 is 11.9 Å². The van der Waals surface area contributed by atoms with Crippen molar-refractivity contribution in [1.82, 2.24) is 5.32 Å². The van der Waals surface area contributed by atoms with Crippen molar-refractivity contribution in [3.05, 3.63) is 0 Å². The highest BCUT2D eigenvalue weighted by molar-refractivity contribution is 5.92. The van der Waals surface area contributed by atoms with Gasteiger partial charge in [0.1, 0.15) is 6.04 Å². The van der Waals surface area contributed by atoms with E-state index in [4.69, 9.17) is 10.8 Å². The Hall–Kier alpha value is -1.10. The van der Waals surface area contributed by atoms with Gasteiger partial charge in [0.05, 0.1) is 5.54 Å². The maximum atomic E-state index is 11.6. The van der Waals surface area contributed by atoms with Crippen LogP contribution in [0.5, 0.6) is 0 Å². The SMILES string of the molecule is CC(C)(C)[C@H](NC(=O)C1(N)CC1)C(=O)O. The fourth-order valence-electron chi connectivity index (χ4n) is 1.29. The second-order valence-electron chi connectivity index (χ2n) is 5.27. The molecule has 0 radical (unpaired) electrons. The van der Waals surface area contributed by atoms with Gasteiger partial charge < -0.3 is 16.2 Å². The summed E-state index contributed by atoms with van der Waals surface area (Å²) in [5, 5.41) is 11.5. The zero-order chi connectivity index (χ0) is 11.9. The third kappa shape index (κ3) is 2.68. The maximum absolute atomic E-state index is 11.6. The molecule has 0 aromatic heterocycles. The zero-order valence-electron chi connectivity index (χ0n) is 9.33. The summed E-state index contributed by atoms with van der Waals surface area (Å²) < 4.78 is 0. The lowest BCUT2D eigenvalue weighted by atomic mass is 9.86. The molecule has 0 bridgehead atoms. The summed E-state index contributed by atoms with van der Waals surface area (Å²) in [7, 11) is 0. The van der Waals surface area contributed by atoms with Gasteiger partial charge in [-0.1, -0.05) is 20.8 Å². The molecule has 0 heterocycles. The maximum Gasteiger partial charge on any atom is 0.326 e. The highest BCUT2D eigenvalue weighted by Gasteiger charge is 2.48. The molecule has 0 aliphatic heterocycles. The van der Waals surface area contributed by atoms with Gasteiger partial charge in [-0.3, -0.25) is 4.79 Å². The van der Waals surface area contributed by atoms with Crippen molar-refractivity contribution in [1.29, 1.82) is 0 Å². The van der Waals surface area contributed by atoms with Crippen LogP contribution >= 0.6 is 0 Å². The number of carboxylic acid groups (broad SMARTS) is 1. The van der Waals surface area contributed by atoms with E-state index in [2.05, 4.69) is 5.32 Å². The second-order valence-corrected chi connectivity index (χ2v) is 5.27. The average molecular weight is 214 g/mol. The van der Waals surface area contributed by atoms with Crippen LogP contribution in [0, 0.1) is 5.41 Å². The summed E-state index contributed by atoms with van der Waals surface area (Å²) in [4.78, 5) is 22.6. The predicted molar refractivity (Wildman–Crippen MR) is 55.2 cm³/mol. The Kier molecular flexibility index (Phi) is 2.78. The minimum absolute atomic E-state index is 0.357. The highest BCUT2D eigenvalue weighted by Crippen LogP contribution is 2.33. The predicted octanol–water partition coefficient (Wildman–Crippen LogP) is 0.0932. The van der Waals surface area contributed by atoms with Gasteiger partial charge in [0.15, 0.2) is 0 Å². The molecule has 0 saturated heterocycles. The van der Waals surface area contributed by atoms with Crippen LogP contribution < -0.4 is 11.1 Å². The molecule has 0 spiro atoms. The minimum Gasteiger partial charge on any atom is -0.480 e. The van der Waals surface area contributed by atoms with Crippen molar-refractivity contribution in [2.24, 2.45) is 11.1 Å². The number of carboxylic acids is 1. The lowest BCUT2D eigenvalue weighted by molar-refractivity contribution is -0.145. The topological polar surface area (TPSA) is 92.4 Å². The number of aliphatic carboxylic acids is 1. The second kappa shape index (κ2) is 3.48. The molecule has 86 valence electrons. The Labute approximate surface area is 89.0 Å². The molecule has 1 aliphatic carbocycles. The van der Waals surface area contributed by atoms with Crippen LogP contribution in [0.4, 0.5) is 0 Å². The molecule has 1 fully saturated rings. The summed E-state index contributed by atoms with van der Waals surface area (Å²) in [5.41, 5.74) is 4.34. The summed E-state index contributed by atoms with van der Waals surface area (Å²) in [6, 6.07) is -0.897. The fraction of sp³-hybridized carbons (Fsp3) is 0.800. The third-order valence-electron chi connectivity index (χ3n) is 2.63. The Morgan fingerprint density at radius 1 is 1.40 bits per heavy atom. The van der Waals surface area contributed by atoms with Gasteiger partial charge in [0.2, 0.25) is 5.91 Å². The van der Waals surface area contributed by atoms with E-state index >= 15 is 0 Å². The number of carbonyl (C=O) groups is 2. The fourth-order valence-corrected chi connectivity index (χ4v) is 1.29. The Morgan fingerprint density at radius 2 is 1.87 bits per heavy atom. The van der Waals surface area contributed by atoms with Gasteiger partial charge in [-0.15, -0.1) is 0 Å². The molecule has 15 heavy (non-hydrogen) atoms. The van der Waals surface area contributed by atoms with Crippen LogP contribution in [0.3, 0.4) is 0 Å². The normalized spacial score (nSPS) is 20.5. The largest absolute Gasteiger partial charge is 0.480 e. The molecule has 1 amide bonds. The van der Waals surface area contributed by atoms with Crippen molar-refractivity contribution < 1.29 is 14.7 Å². The number of rotatable bonds is 3. The Bertz CT molecular complexity index is 290. The number of nitrogens with one attached hydrogen (secondary N) is 1. The molecule has 0 aromatic rings. The lowest BCUT2D eigenvalue weighted by Gasteiger charge is -2.28. The molecule has 1 saturated carbocycles. The van der Waals surface area contributed by atoms with E-state index in [1.807, 2.05) is 0 Å². The average Bonchev–Trinajstić information content (AvgIpc) is 2.77. The van der Waals surface area contributed by atoms with Gasteiger partial charge >= 0.3 is 5.97 Å².